The molecule has 8 nitrogen and oxygen atoms in total. The summed E-state index contributed by atoms with van der Waals surface area (Å²) in [6.07, 6.45) is -3.70. The van der Waals surface area contributed by atoms with E-state index in [1.54, 1.807) is 6.92 Å². The highest BCUT2D eigenvalue weighted by molar-refractivity contribution is 6.26. The van der Waals surface area contributed by atoms with Crippen LogP contribution in [-0.4, -0.2) is 46.7 Å². The topological polar surface area (TPSA) is 105 Å². The zero-order valence-electron chi connectivity index (χ0n) is 16.9. The lowest BCUT2D eigenvalue weighted by atomic mass is 9.95. The van der Waals surface area contributed by atoms with E-state index in [2.05, 4.69) is 0 Å². The van der Waals surface area contributed by atoms with E-state index in [-0.39, 0.29) is 18.8 Å². The van der Waals surface area contributed by atoms with Crippen molar-refractivity contribution in [3.8, 4) is 5.75 Å². The first-order valence-electron chi connectivity index (χ1n) is 9.39. The number of esters is 2. The minimum Gasteiger partial charge on any atom is -0.484 e. The second-order valence-corrected chi connectivity index (χ2v) is 7.16. The first kappa shape index (κ1) is 25.2. The van der Waals surface area contributed by atoms with Crippen LogP contribution in [0.3, 0.4) is 0 Å². The van der Waals surface area contributed by atoms with Crippen LogP contribution in [0.25, 0.3) is 0 Å². The molecule has 0 spiro atoms. The van der Waals surface area contributed by atoms with Gasteiger partial charge in [-0.3, -0.25) is 10.1 Å². The van der Waals surface area contributed by atoms with E-state index in [4.69, 9.17) is 25.8 Å². The number of nitrogens with zero attached hydrogens (tertiary/aromatic N) is 1. The molecule has 32 heavy (non-hydrogen) atoms. The monoisotopic (exact) mass is 477 g/mol. The van der Waals surface area contributed by atoms with Crippen molar-refractivity contribution in [2.24, 2.45) is 0 Å². The standard InChI is InChI=1S/C20H19ClF3NO7/c1-3-15(18(27)30-4-2)32-17(26)13-11-12(8-9-14(13)25(28)29)31-16-7-5-6-10-19(16,21)20(22,23)24/h5-11,15-16H,3-4H2,1-2H3. The highest BCUT2D eigenvalue weighted by Gasteiger charge is 2.58. The Morgan fingerprint density at radius 3 is 2.53 bits per heavy atom. The normalized spacial score (nSPS) is 21.0. The molecule has 0 amide bonds. The van der Waals surface area contributed by atoms with Crippen LogP contribution in [0.15, 0.2) is 42.5 Å². The van der Waals surface area contributed by atoms with Crippen LogP contribution in [-0.2, 0) is 14.3 Å². The lowest BCUT2D eigenvalue weighted by molar-refractivity contribution is -0.385. The number of rotatable bonds is 8. The maximum absolute atomic E-state index is 13.5. The number of nitro groups is 1. The Kier molecular flexibility index (Phi) is 7.89. The summed E-state index contributed by atoms with van der Waals surface area (Å²) in [6.45, 7) is 3.10. The van der Waals surface area contributed by atoms with Crippen molar-refractivity contribution in [3.63, 3.8) is 0 Å². The molecule has 3 atom stereocenters. The average molecular weight is 478 g/mol. The van der Waals surface area contributed by atoms with Gasteiger partial charge in [-0.05, 0) is 25.5 Å². The van der Waals surface area contributed by atoms with Gasteiger partial charge in [-0.25, -0.2) is 9.59 Å². The summed E-state index contributed by atoms with van der Waals surface area (Å²) >= 11 is 5.76. The van der Waals surface area contributed by atoms with Gasteiger partial charge in [0.2, 0.25) is 0 Å². The fourth-order valence-corrected chi connectivity index (χ4v) is 2.95. The number of hydrogen-bond acceptors (Lipinski definition) is 7. The smallest absolute Gasteiger partial charge is 0.415 e. The Balaban J connectivity index is 2.36. The Hall–Kier alpha value is -3.08. The highest BCUT2D eigenvalue weighted by Crippen LogP contribution is 2.43. The number of alkyl halides is 4. The predicted molar refractivity (Wildman–Crippen MR) is 107 cm³/mol. The van der Waals surface area contributed by atoms with Crippen molar-refractivity contribution in [2.45, 2.75) is 43.5 Å². The zero-order valence-corrected chi connectivity index (χ0v) is 17.7. The third kappa shape index (κ3) is 5.39. The van der Waals surface area contributed by atoms with Gasteiger partial charge in [0.05, 0.1) is 11.5 Å². The second kappa shape index (κ2) is 10.0. The molecule has 12 heteroatoms. The molecular formula is C20H19ClF3NO7. The van der Waals surface area contributed by atoms with Crippen molar-refractivity contribution in [1.29, 1.82) is 0 Å². The Morgan fingerprint density at radius 1 is 1.28 bits per heavy atom. The van der Waals surface area contributed by atoms with E-state index in [0.29, 0.717) is 6.08 Å². The van der Waals surface area contributed by atoms with E-state index in [0.717, 1.165) is 30.4 Å². The number of carbonyl (C=O) groups excluding carboxylic acids is 2. The minimum atomic E-state index is -4.88. The summed E-state index contributed by atoms with van der Waals surface area (Å²) in [5.41, 5.74) is -1.30. The number of hydrogen-bond donors (Lipinski definition) is 0. The first-order chi connectivity index (χ1) is 14.9. The van der Waals surface area contributed by atoms with Crippen molar-refractivity contribution in [3.05, 3.63) is 58.2 Å². The quantitative estimate of drug-likeness (QED) is 0.235. The number of nitro benzene ring substituents is 1. The summed E-state index contributed by atoms with van der Waals surface area (Å²) in [5.74, 6) is -2.38. The van der Waals surface area contributed by atoms with Gasteiger partial charge in [-0.1, -0.05) is 25.2 Å². The third-order valence-electron chi connectivity index (χ3n) is 4.40. The molecule has 1 aliphatic carbocycles. The van der Waals surface area contributed by atoms with Crippen molar-refractivity contribution < 1.29 is 41.9 Å². The fraction of sp³-hybridized carbons (Fsp3) is 0.400. The minimum absolute atomic E-state index is 0.0269. The van der Waals surface area contributed by atoms with Gasteiger partial charge in [0, 0.05) is 12.1 Å². The van der Waals surface area contributed by atoms with Crippen molar-refractivity contribution in [1.82, 2.24) is 0 Å². The maximum atomic E-state index is 13.5. The number of carbonyl (C=O) groups is 2. The molecule has 0 saturated carbocycles. The summed E-state index contributed by atoms with van der Waals surface area (Å²) in [4.78, 5) is 32.0. The zero-order chi connectivity index (χ0) is 24.1. The molecule has 0 aromatic heterocycles. The molecule has 0 bridgehead atoms. The van der Waals surface area contributed by atoms with E-state index in [1.165, 1.54) is 13.0 Å². The van der Waals surface area contributed by atoms with Gasteiger partial charge in [-0.2, -0.15) is 13.2 Å². The molecule has 1 aromatic carbocycles. The van der Waals surface area contributed by atoms with Crippen LogP contribution in [0, 0.1) is 10.1 Å². The van der Waals surface area contributed by atoms with Gasteiger partial charge in [0.1, 0.15) is 17.4 Å². The van der Waals surface area contributed by atoms with Crippen LogP contribution in [0.2, 0.25) is 0 Å². The number of ether oxygens (including phenoxy) is 3. The number of allylic oxidation sites excluding steroid dienone is 2. The highest BCUT2D eigenvalue weighted by atomic mass is 35.5. The van der Waals surface area contributed by atoms with E-state index < -0.39 is 51.4 Å². The predicted octanol–water partition coefficient (Wildman–Crippen LogP) is 4.51. The van der Waals surface area contributed by atoms with Gasteiger partial charge in [0.15, 0.2) is 11.0 Å². The van der Waals surface area contributed by atoms with Gasteiger partial charge in [-0.15, -0.1) is 11.6 Å². The summed E-state index contributed by atoms with van der Waals surface area (Å²) in [7, 11) is 0. The summed E-state index contributed by atoms with van der Waals surface area (Å²) < 4.78 is 55.6. The molecule has 174 valence electrons. The molecule has 1 aromatic rings. The van der Waals surface area contributed by atoms with E-state index >= 15 is 0 Å². The fourth-order valence-electron chi connectivity index (χ4n) is 2.76. The van der Waals surface area contributed by atoms with Gasteiger partial charge < -0.3 is 14.2 Å². The lowest BCUT2D eigenvalue weighted by Crippen LogP contribution is -2.50. The molecule has 0 saturated heterocycles. The molecule has 1 aliphatic rings. The number of halogens is 4. The molecule has 0 radical (unpaired) electrons. The van der Waals surface area contributed by atoms with Crippen molar-refractivity contribution >= 4 is 29.2 Å². The Bertz CT molecular complexity index is 948. The molecule has 0 aliphatic heterocycles. The molecule has 3 unspecified atom stereocenters. The summed E-state index contributed by atoms with van der Waals surface area (Å²) in [6, 6.07) is 2.76. The van der Waals surface area contributed by atoms with E-state index in [9.17, 15) is 32.9 Å². The summed E-state index contributed by atoms with van der Waals surface area (Å²) in [5, 5.41) is 11.3. The number of benzene rings is 1. The maximum Gasteiger partial charge on any atom is 0.415 e. The Labute approximate surface area is 185 Å². The first-order valence-corrected chi connectivity index (χ1v) is 9.76. The Morgan fingerprint density at radius 2 is 1.97 bits per heavy atom. The van der Waals surface area contributed by atoms with Crippen LogP contribution in [0.4, 0.5) is 18.9 Å². The second-order valence-electron chi connectivity index (χ2n) is 6.54. The largest absolute Gasteiger partial charge is 0.484 e. The molecule has 2 rings (SSSR count). The molecular weight excluding hydrogens is 459 g/mol. The average Bonchev–Trinajstić information content (AvgIpc) is 2.72. The van der Waals surface area contributed by atoms with Gasteiger partial charge >= 0.3 is 18.1 Å². The van der Waals surface area contributed by atoms with Crippen LogP contribution in [0.1, 0.15) is 30.6 Å². The SMILES string of the molecule is CCOC(=O)C(CC)OC(=O)c1cc(OC2C=CC=CC2(Cl)C(F)(F)F)ccc1[N+](=O)[O-]. The van der Waals surface area contributed by atoms with Crippen LogP contribution in [0.5, 0.6) is 5.75 Å². The third-order valence-corrected chi connectivity index (χ3v) is 4.96. The van der Waals surface area contributed by atoms with Crippen LogP contribution < -0.4 is 4.74 Å². The van der Waals surface area contributed by atoms with E-state index in [1.807, 2.05) is 0 Å². The molecule has 0 fully saturated rings. The molecule has 0 heterocycles. The van der Waals surface area contributed by atoms with Gasteiger partial charge in [0.25, 0.3) is 5.69 Å². The van der Waals surface area contributed by atoms with Crippen LogP contribution >= 0.6 is 11.6 Å². The lowest BCUT2D eigenvalue weighted by Gasteiger charge is -2.34. The molecule has 0 N–H and O–H groups in total. The van der Waals surface area contributed by atoms with Crippen molar-refractivity contribution in [2.75, 3.05) is 6.61 Å².